The molecule has 2 rings (SSSR count). The smallest absolute Gasteiger partial charge is 0.338 e. The van der Waals surface area contributed by atoms with Crippen molar-refractivity contribution in [1.29, 1.82) is 0 Å². The van der Waals surface area contributed by atoms with Crippen LogP contribution in [-0.4, -0.2) is 40.3 Å². The first kappa shape index (κ1) is 19.7. The van der Waals surface area contributed by atoms with Gasteiger partial charge in [-0.15, -0.1) is 0 Å². The summed E-state index contributed by atoms with van der Waals surface area (Å²) in [7, 11) is -1.91. The van der Waals surface area contributed by atoms with E-state index in [4.69, 9.17) is 21.1 Å². The third kappa shape index (κ3) is 5.21. The predicted octanol–water partition coefficient (Wildman–Crippen LogP) is 2.55. The molecular weight excluding hydrogens is 382 g/mol. The highest BCUT2D eigenvalue weighted by molar-refractivity contribution is 7.90. The summed E-state index contributed by atoms with van der Waals surface area (Å²) in [6.45, 7) is -0.525. The lowest BCUT2D eigenvalue weighted by atomic mass is 10.2. The highest BCUT2D eigenvalue weighted by Crippen LogP contribution is 2.27. The Kier molecular flexibility index (Phi) is 6.23. The fourth-order valence-corrected chi connectivity index (χ4v) is 2.82. The molecule has 2 aromatic carbocycles. The van der Waals surface area contributed by atoms with Crippen molar-refractivity contribution in [2.24, 2.45) is 0 Å². The van der Waals surface area contributed by atoms with Gasteiger partial charge < -0.3 is 14.8 Å². The summed E-state index contributed by atoms with van der Waals surface area (Å²) in [6.07, 6.45) is 1.06. The molecule has 0 aliphatic rings. The number of benzene rings is 2. The molecule has 9 heteroatoms. The molecule has 0 saturated heterocycles. The van der Waals surface area contributed by atoms with Gasteiger partial charge in [0.25, 0.3) is 5.91 Å². The van der Waals surface area contributed by atoms with E-state index >= 15 is 0 Å². The van der Waals surface area contributed by atoms with Crippen LogP contribution in [0, 0.1) is 0 Å². The second-order valence-electron chi connectivity index (χ2n) is 5.27. The van der Waals surface area contributed by atoms with Gasteiger partial charge in [-0.25, -0.2) is 13.2 Å². The van der Waals surface area contributed by atoms with Crippen molar-refractivity contribution in [2.75, 3.05) is 25.3 Å². The third-order valence-corrected chi connectivity index (χ3v) is 4.65. The molecular formula is C17H16ClNO6S. The summed E-state index contributed by atoms with van der Waals surface area (Å²) in [5, 5.41) is 2.94. The molecule has 0 heterocycles. The Morgan fingerprint density at radius 1 is 1.12 bits per heavy atom. The number of carbonyl (C=O) groups excluding carboxylic acids is 2. The number of carbonyl (C=O) groups is 2. The van der Waals surface area contributed by atoms with Gasteiger partial charge in [0, 0.05) is 11.3 Å². The van der Waals surface area contributed by atoms with E-state index in [0.29, 0.717) is 16.5 Å². The number of halogens is 1. The Labute approximate surface area is 155 Å². The monoisotopic (exact) mass is 397 g/mol. The normalized spacial score (nSPS) is 10.9. The van der Waals surface area contributed by atoms with Gasteiger partial charge >= 0.3 is 5.97 Å². The van der Waals surface area contributed by atoms with Crippen LogP contribution in [0.5, 0.6) is 5.75 Å². The molecule has 0 unspecified atom stereocenters. The maximum Gasteiger partial charge on any atom is 0.338 e. The molecule has 0 fully saturated rings. The summed E-state index contributed by atoms with van der Waals surface area (Å²) in [5.74, 6) is -0.921. The van der Waals surface area contributed by atoms with Crippen LogP contribution in [0.4, 0.5) is 5.69 Å². The lowest BCUT2D eigenvalue weighted by Gasteiger charge is -2.11. The van der Waals surface area contributed by atoms with Crippen LogP contribution in [0.25, 0.3) is 0 Å². The van der Waals surface area contributed by atoms with E-state index in [1.54, 1.807) is 12.1 Å². The third-order valence-electron chi connectivity index (χ3n) is 3.29. The molecule has 1 amide bonds. The van der Waals surface area contributed by atoms with Crippen molar-refractivity contribution in [3.05, 3.63) is 53.1 Å². The van der Waals surface area contributed by atoms with Crippen LogP contribution in [0.1, 0.15) is 10.4 Å². The number of sulfone groups is 1. The minimum atomic E-state index is -3.35. The number of anilines is 1. The topological polar surface area (TPSA) is 98.8 Å². The van der Waals surface area contributed by atoms with E-state index in [0.717, 1.165) is 6.26 Å². The van der Waals surface area contributed by atoms with Gasteiger partial charge in [-0.05, 0) is 42.5 Å². The summed E-state index contributed by atoms with van der Waals surface area (Å²) in [5.41, 5.74) is 0.476. The standard InChI is InChI=1S/C17H16ClNO6S/c1-24-15-8-5-12(18)9-14(15)19-16(20)10-25-17(21)11-3-6-13(7-4-11)26(2,22)23/h3-9H,10H2,1-2H3,(H,19,20). The maximum absolute atomic E-state index is 11.9. The molecule has 1 N–H and O–H groups in total. The molecule has 7 nitrogen and oxygen atoms in total. The van der Waals surface area contributed by atoms with Crippen molar-refractivity contribution in [3.63, 3.8) is 0 Å². The van der Waals surface area contributed by atoms with Crippen molar-refractivity contribution < 1.29 is 27.5 Å². The Morgan fingerprint density at radius 3 is 2.35 bits per heavy atom. The number of amides is 1. The zero-order valence-electron chi connectivity index (χ0n) is 14.0. The van der Waals surface area contributed by atoms with Crippen LogP contribution in [-0.2, 0) is 19.4 Å². The van der Waals surface area contributed by atoms with Crippen molar-refractivity contribution in [3.8, 4) is 5.75 Å². The minimum Gasteiger partial charge on any atom is -0.495 e. The van der Waals surface area contributed by atoms with E-state index < -0.39 is 28.3 Å². The summed E-state index contributed by atoms with van der Waals surface area (Å²) in [6, 6.07) is 9.92. The lowest BCUT2D eigenvalue weighted by molar-refractivity contribution is -0.119. The van der Waals surface area contributed by atoms with E-state index in [-0.39, 0.29) is 10.5 Å². The first-order valence-electron chi connectivity index (χ1n) is 7.31. The number of methoxy groups -OCH3 is 1. The summed E-state index contributed by atoms with van der Waals surface area (Å²) < 4.78 is 32.8. The number of ether oxygens (including phenoxy) is 2. The van der Waals surface area contributed by atoms with E-state index in [2.05, 4.69) is 5.32 Å². The molecule has 0 spiro atoms. The van der Waals surface area contributed by atoms with Gasteiger partial charge in [0.05, 0.1) is 23.3 Å². The fraction of sp³-hybridized carbons (Fsp3) is 0.176. The highest BCUT2D eigenvalue weighted by atomic mass is 35.5. The quantitative estimate of drug-likeness (QED) is 0.752. The molecule has 0 radical (unpaired) electrons. The van der Waals surface area contributed by atoms with Gasteiger partial charge in [-0.2, -0.15) is 0 Å². The summed E-state index contributed by atoms with van der Waals surface area (Å²) >= 11 is 5.87. The Morgan fingerprint density at radius 2 is 1.77 bits per heavy atom. The first-order valence-corrected chi connectivity index (χ1v) is 9.58. The SMILES string of the molecule is COc1ccc(Cl)cc1NC(=O)COC(=O)c1ccc(S(C)(=O)=O)cc1. The summed E-state index contributed by atoms with van der Waals surface area (Å²) in [4.78, 5) is 24.0. The van der Waals surface area contributed by atoms with Gasteiger partial charge in [0.2, 0.25) is 0 Å². The van der Waals surface area contributed by atoms with Crippen LogP contribution in [0.2, 0.25) is 5.02 Å². The zero-order valence-corrected chi connectivity index (χ0v) is 15.6. The van der Waals surface area contributed by atoms with E-state index in [9.17, 15) is 18.0 Å². The first-order chi connectivity index (χ1) is 12.2. The number of hydrogen-bond acceptors (Lipinski definition) is 6. The molecule has 2 aromatic rings. The van der Waals surface area contributed by atoms with E-state index in [1.165, 1.54) is 37.4 Å². The molecule has 0 aliphatic carbocycles. The van der Waals surface area contributed by atoms with Crippen molar-refractivity contribution >= 4 is 39.0 Å². The van der Waals surface area contributed by atoms with Crippen LogP contribution in [0.15, 0.2) is 47.4 Å². The van der Waals surface area contributed by atoms with Crippen molar-refractivity contribution in [2.45, 2.75) is 4.90 Å². The van der Waals surface area contributed by atoms with Gasteiger partial charge in [-0.1, -0.05) is 11.6 Å². The Hall–Kier alpha value is -2.58. The molecule has 0 saturated carbocycles. The number of rotatable bonds is 6. The van der Waals surface area contributed by atoms with Crippen LogP contribution >= 0.6 is 11.6 Å². The number of esters is 1. The van der Waals surface area contributed by atoms with Gasteiger partial charge in [0.1, 0.15) is 5.75 Å². The largest absolute Gasteiger partial charge is 0.495 e. The maximum atomic E-state index is 11.9. The van der Waals surface area contributed by atoms with Gasteiger partial charge in [0.15, 0.2) is 16.4 Å². The molecule has 26 heavy (non-hydrogen) atoms. The lowest BCUT2D eigenvalue weighted by Crippen LogP contribution is -2.21. The average Bonchev–Trinajstić information content (AvgIpc) is 2.59. The van der Waals surface area contributed by atoms with E-state index in [1.807, 2.05) is 0 Å². The molecule has 0 aromatic heterocycles. The molecule has 0 bridgehead atoms. The highest BCUT2D eigenvalue weighted by Gasteiger charge is 2.14. The molecule has 138 valence electrons. The average molecular weight is 398 g/mol. The second-order valence-corrected chi connectivity index (χ2v) is 7.72. The molecule has 0 atom stereocenters. The fourth-order valence-electron chi connectivity index (χ4n) is 2.02. The van der Waals surface area contributed by atoms with Gasteiger partial charge in [-0.3, -0.25) is 4.79 Å². The number of nitrogens with one attached hydrogen (secondary N) is 1. The minimum absolute atomic E-state index is 0.0832. The Bertz CT molecular complexity index is 925. The predicted molar refractivity (Wildman–Crippen MR) is 96.5 cm³/mol. The van der Waals surface area contributed by atoms with Crippen LogP contribution in [0.3, 0.4) is 0 Å². The number of hydrogen-bond donors (Lipinski definition) is 1. The van der Waals surface area contributed by atoms with Crippen molar-refractivity contribution in [1.82, 2.24) is 0 Å². The Balaban J connectivity index is 1.97. The molecule has 0 aliphatic heterocycles. The zero-order chi connectivity index (χ0) is 19.3. The second kappa shape index (κ2) is 8.20. The van der Waals surface area contributed by atoms with Crippen LogP contribution < -0.4 is 10.1 Å².